The molecule has 2 amide bonds. The zero-order valence-electron chi connectivity index (χ0n) is 17.6. The van der Waals surface area contributed by atoms with Crippen molar-refractivity contribution in [2.75, 3.05) is 32.7 Å². The number of carbonyl (C=O) groups excluding carboxylic acids is 2. The summed E-state index contributed by atoms with van der Waals surface area (Å²) in [5, 5.41) is 6.53. The van der Waals surface area contributed by atoms with E-state index in [1.807, 2.05) is 6.92 Å². The maximum atomic E-state index is 13.0. The van der Waals surface area contributed by atoms with Crippen LogP contribution in [-0.4, -0.2) is 64.5 Å². The SMILES string of the molecule is CC(c1nc(-c2cccc(C(F)(F)F)c2)no1)N1CCN(C(=O)CNC(=O)C2CC2)CC1. The Bertz CT molecular complexity index is 981. The van der Waals surface area contributed by atoms with Gasteiger partial charge in [0.2, 0.25) is 23.5 Å². The zero-order valence-corrected chi connectivity index (χ0v) is 17.6. The minimum Gasteiger partial charge on any atom is -0.347 e. The number of hydrogen-bond donors (Lipinski definition) is 1. The summed E-state index contributed by atoms with van der Waals surface area (Å²) in [4.78, 5) is 32.1. The molecule has 0 spiro atoms. The predicted molar refractivity (Wildman–Crippen MR) is 107 cm³/mol. The fourth-order valence-corrected chi connectivity index (χ4v) is 3.64. The summed E-state index contributed by atoms with van der Waals surface area (Å²) in [6.45, 7) is 4.02. The van der Waals surface area contributed by atoms with Crippen molar-refractivity contribution in [3.8, 4) is 11.4 Å². The van der Waals surface area contributed by atoms with E-state index in [9.17, 15) is 22.8 Å². The topological polar surface area (TPSA) is 91.6 Å². The van der Waals surface area contributed by atoms with Crippen LogP contribution in [0.4, 0.5) is 13.2 Å². The van der Waals surface area contributed by atoms with Crippen LogP contribution in [0.2, 0.25) is 0 Å². The fourth-order valence-electron chi connectivity index (χ4n) is 3.64. The summed E-state index contributed by atoms with van der Waals surface area (Å²) in [5.74, 6) is 0.289. The van der Waals surface area contributed by atoms with Crippen molar-refractivity contribution in [1.82, 2.24) is 25.3 Å². The van der Waals surface area contributed by atoms with Gasteiger partial charge in [0.1, 0.15) is 0 Å². The molecule has 2 fully saturated rings. The molecule has 1 aliphatic carbocycles. The zero-order chi connectivity index (χ0) is 22.9. The second-order valence-corrected chi connectivity index (χ2v) is 8.12. The third-order valence-corrected chi connectivity index (χ3v) is 5.82. The Hall–Kier alpha value is -2.95. The molecule has 11 heteroatoms. The highest BCUT2D eigenvalue weighted by atomic mass is 19.4. The van der Waals surface area contributed by atoms with Gasteiger partial charge in [0.05, 0.1) is 18.2 Å². The van der Waals surface area contributed by atoms with Gasteiger partial charge in [-0.2, -0.15) is 18.2 Å². The molecule has 2 aliphatic rings. The van der Waals surface area contributed by atoms with Gasteiger partial charge in [-0.05, 0) is 31.9 Å². The van der Waals surface area contributed by atoms with Crippen molar-refractivity contribution in [1.29, 1.82) is 0 Å². The Morgan fingerprint density at radius 3 is 2.59 bits per heavy atom. The van der Waals surface area contributed by atoms with Crippen LogP contribution >= 0.6 is 0 Å². The molecule has 1 saturated carbocycles. The quantitative estimate of drug-likeness (QED) is 0.726. The number of alkyl halides is 3. The molecule has 0 bridgehead atoms. The highest BCUT2D eigenvalue weighted by Crippen LogP contribution is 2.32. The molecule has 2 aromatic rings. The number of rotatable bonds is 6. The maximum Gasteiger partial charge on any atom is 0.416 e. The predicted octanol–water partition coefficient (Wildman–Crippen LogP) is 2.49. The molecule has 0 radical (unpaired) electrons. The van der Waals surface area contributed by atoms with E-state index in [1.165, 1.54) is 12.1 Å². The maximum absolute atomic E-state index is 13.0. The molecule has 172 valence electrons. The summed E-state index contributed by atoms with van der Waals surface area (Å²) >= 11 is 0. The number of hydrogen-bond acceptors (Lipinski definition) is 6. The Morgan fingerprint density at radius 2 is 1.94 bits per heavy atom. The summed E-state index contributed by atoms with van der Waals surface area (Å²) in [6, 6.07) is 4.53. The molecule has 1 saturated heterocycles. The molecule has 1 aromatic carbocycles. The van der Waals surface area contributed by atoms with E-state index in [4.69, 9.17) is 4.52 Å². The van der Waals surface area contributed by atoms with Gasteiger partial charge in [-0.15, -0.1) is 0 Å². The molecule has 32 heavy (non-hydrogen) atoms. The van der Waals surface area contributed by atoms with E-state index in [0.717, 1.165) is 25.0 Å². The number of aromatic nitrogens is 2. The van der Waals surface area contributed by atoms with Crippen LogP contribution in [0.25, 0.3) is 11.4 Å². The largest absolute Gasteiger partial charge is 0.416 e. The number of piperazine rings is 1. The average Bonchev–Trinajstić information content (AvgIpc) is 3.53. The third kappa shape index (κ3) is 5.09. The molecule has 1 aliphatic heterocycles. The fraction of sp³-hybridized carbons (Fsp3) is 0.524. The van der Waals surface area contributed by atoms with Crippen molar-refractivity contribution >= 4 is 11.8 Å². The van der Waals surface area contributed by atoms with E-state index in [-0.39, 0.29) is 41.7 Å². The van der Waals surface area contributed by atoms with Gasteiger partial charge < -0.3 is 14.7 Å². The number of carbonyl (C=O) groups is 2. The minimum absolute atomic E-state index is 0.00883. The van der Waals surface area contributed by atoms with E-state index in [1.54, 1.807) is 4.90 Å². The van der Waals surface area contributed by atoms with Crippen molar-refractivity contribution in [3.63, 3.8) is 0 Å². The first-order valence-corrected chi connectivity index (χ1v) is 10.5. The van der Waals surface area contributed by atoms with Gasteiger partial charge >= 0.3 is 6.18 Å². The highest BCUT2D eigenvalue weighted by molar-refractivity contribution is 5.86. The van der Waals surface area contributed by atoms with Crippen LogP contribution in [0.15, 0.2) is 28.8 Å². The number of benzene rings is 1. The molecule has 8 nitrogen and oxygen atoms in total. The lowest BCUT2D eigenvalue weighted by Crippen LogP contribution is -2.51. The molecule has 1 atom stereocenters. The molecule has 2 heterocycles. The van der Waals surface area contributed by atoms with Gasteiger partial charge in [0, 0.05) is 37.7 Å². The Morgan fingerprint density at radius 1 is 1.22 bits per heavy atom. The molecular weight excluding hydrogens is 427 g/mol. The lowest BCUT2D eigenvalue weighted by Gasteiger charge is -2.36. The normalized spacial score (nSPS) is 18.4. The summed E-state index contributed by atoms with van der Waals surface area (Å²) in [7, 11) is 0. The van der Waals surface area contributed by atoms with Crippen molar-refractivity contribution in [2.45, 2.75) is 32.0 Å². The highest BCUT2D eigenvalue weighted by Gasteiger charge is 2.32. The summed E-state index contributed by atoms with van der Waals surface area (Å²) < 4.78 is 44.2. The third-order valence-electron chi connectivity index (χ3n) is 5.82. The van der Waals surface area contributed by atoms with E-state index in [0.29, 0.717) is 32.1 Å². The van der Waals surface area contributed by atoms with Crippen LogP contribution in [0, 0.1) is 5.92 Å². The van der Waals surface area contributed by atoms with E-state index >= 15 is 0 Å². The van der Waals surface area contributed by atoms with Gasteiger partial charge in [-0.25, -0.2) is 0 Å². The number of halogens is 3. The van der Waals surface area contributed by atoms with Crippen molar-refractivity contribution in [3.05, 3.63) is 35.7 Å². The smallest absolute Gasteiger partial charge is 0.347 e. The van der Waals surface area contributed by atoms with Crippen LogP contribution in [0.1, 0.15) is 37.3 Å². The Kier molecular flexibility index (Phi) is 6.18. The van der Waals surface area contributed by atoms with Gasteiger partial charge in [-0.3, -0.25) is 14.5 Å². The van der Waals surface area contributed by atoms with Crippen molar-refractivity contribution in [2.24, 2.45) is 5.92 Å². The summed E-state index contributed by atoms with van der Waals surface area (Å²) in [5.41, 5.74) is -0.547. The monoisotopic (exact) mass is 451 g/mol. The second kappa shape index (κ2) is 8.89. The lowest BCUT2D eigenvalue weighted by atomic mass is 10.1. The first-order chi connectivity index (χ1) is 15.2. The van der Waals surface area contributed by atoms with Gasteiger partial charge in [-0.1, -0.05) is 17.3 Å². The number of nitrogens with zero attached hydrogens (tertiary/aromatic N) is 4. The van der Waals surface area contributed by atoms with Gasteiger partial charge in [0.25, 0.3) is 0 Å². The van der Waals surface area contributed by atoms with Crippen molar-refractivity contribution < 1.29 is 27.3 Å². The Labute approximate surface area is 182 Å². The second-order valence-electron chi connectivity index (χ2n) is 8.12. The molecule has 1 N–H and O–H groups in total. The molecule has 4 rings (SSSR count). The molecular formula is C21H24F3N5O3. The van der Waals surface area contributed by atoms with Crippen LogP contribution in [0.3, 0.4) is 0 Å². The molecule has 1 unspecified atom stereocenters. The lowest BCUT2D eigenvalue weighted by molar-refractivity contribution is -0.137. The Balaban J connectivity index is 1.32. The average molecular weight is 451 g/mol. The molecule has 1 aromatic heterocycles. The first-order valence-electron chi connectivity index (χ1n) is 10.5. The van der Waals surface area contributed by atoms with E-state index < -0.39 is 11.7 Å². The standard InChI is InChI=1S/C21H24F3N5O3/c1-13(20-26-18(27-32-20)15-3-2-4-16(11-15)21(22,23)24)28-7-9-29(10-8-28)17(30)12-25-19(31)14-5-6-14/h2-4,11,13-14H,5-10,12H2,1H3,(H,25,31). The number of nitrogens with one attached hydrogen (secondary N) is 1. The van der Waals surface area contributed by atoms with Crippen LogP contribution in [-0.2, 0) is 15.8 Å². The first kappa shape index (κ1) is 22.3. The summed E-state index contributed by atoms with van der Waals surface area (Å²) in [6.07, 6.45) is -2.67. The van der Waals surface area contributed by atoms with Gasteiger partial charge in [0.15, 0.2) is 0 Å². The van der Waals surface area contributed by atoms with E-state index in [2.05, 4.69) is 20.4 Å². The minimum atomic E-state index is -4.45. The van der Waals surface area contributed by atoms with Crippen LogP contribution < -0.4 is 5.32 Å². The number of amides is 2. The van der Waals surface area contributed by atoms with Crippen LogP contribution in [0.5, 0.6) is 0 Å².